The van der Waals surface area contributed by atoms with Crippen molar-refractivity contribution in [2.75, 3.05) is 11.5 Å². The van der Waals surface area contributed by atoms with Crippen LogP contribution in [0.25, 0.3) is 0 Å². The lowest BCUT2D eigenvalue weighted by atomic mass is 10.1. The van der Waals surface area contributed by atoms with E-state index in [9.17, 15) is 0 Å². The second-order valence-corrected chi connectivity index (χ2v) is 6.31. The van der Waals surface area contributed by atoms with Gasteiger partial charge in [0, 0.05) is 5.69 Å². The van der Waals surface area contributed by atoms with Crippen LogP contribution in [0.2, 0.25) is 0 Å². The van der Waals surface area contributed by atoms with Crippen molar-refractivity contribution in [2.24, 2.45) is 4.99 Å². The van der Waals surface area contributed by atoms with Crippen molar-refractivity contribution < 1.29 is 4.74 Å². The summed E-state index contributed by atoms with van der Waals surface area (Å²) >= 11 is 0. The summed E-state index contributed by atoms with van der Waals surface area (Å²) in [4.78, 5) is 7.07. The van der Waals surface area contributed by atoms with Crippen molar-refractivity contribution >= 4 is 11.6 Å². The van der Waals surface area contributed by atoms with Crippen molar-refractivity contribution in [3.8, 4) is 0 Å². The summed E-state index contributed by atoms with van der Waals surface area (Å²) in [6.45, 7) is 9.39. The predicted octanol–water partition coefficient (Wildman–Crippen LogP) is 2.86. The minimum absolute atomic E-state index is 0.0731. The predicted molar refractivity (Wildman–Crippen MR) is 74.3 cm³/mol. The molecule has 0 spiro atoms. The van der Waals surface area contributed by atoms with Crippen LogP contribution in [0, 0.1) is 0 Å². The molecule has 0 bridgehead atoms. The first kappa shape index (κ1) is 11.6. The molecule has 0 aliphatic carbocycles. The van der Waals surface area contributed by atoms with Crippen molar-refractivity contribution in [3.05, 3.63) is 30.3 Å². The first-order valence-corrected chi connectivity index (χ1v) is 6.49. The van der Waals surface area contributed by atoms with Crippen LogP contribution in [0.1, 0.15) is 27.7 Å². The van der Waals surface area contributed by atoms with Crippen molar-refractivity contribution in [1.29, 1.82) is 0 Å². The fourth-order valence-electron chi connectivity index (χ4n) is 2.72. The molecule has 3 rings (SSSR count). The monoisotopic (exact) mass is 244 g/mol. The molecule has 0 saturated carbocycles. The minimum atomic E-state index is -0.0731. The van der Waals surface area contributed by atoms with E-state index in [0.717, 1.165) is 5.90 Å². The molecule has 18 heavy (non-hydrogen) atoms. The van der Waals surface area contributed by atoms with E-state index in [4.69, 9.17) is 9.73 Å². The molecule has 3 heteroatoms. The Morgan fingerprint density at radius 1 is 1.17 bits per heavy atom. The first-order valence-electron chi connectivity index (χ1n) is 6.49. The van der Waals surface area contributed by atoms with Gasteiger partial charge >= 0.3 is 0 Å². The van der Waals surface area contributed by atoms with Crippen LogP contribution >= 0.6 is 0 Å². The summed E-state index contributed by atoms with van der Waals surface area (Å²) < 4.78 is 5.79. The molecular weight excluding hydrogens is 224 g/mol. The number of ether oxygens (including phenoxy) is 1. The molecule has 0 unspecified atom stereocenters. The van der Waals surface area contributed by atoms with Crippen LogP contribution in [-0.4, -0.2) is 29.6 Å². The Morgan fingerprint density at radius 2 is 1.83 bits per heavy atom. The largest absolute Gasteiger partial charge is 0.477 e. The quantitative estimate of drug-likeness (QED) is 0.747. The van der Waals surface area contributed by atoms with E-state index in [1.807, 2.05) is 6.07 Å². The number of hydrogen-bond donors (Lipinski definition) is 0. The maximum atomic E-state index is 5.79. The SMILES string of the molecule is CC1(C)COC([C@@H]2N(c3ccccc3)C2(C)C)=N1. The van der Waals surface area contributed by atoms with Crippen LogP contribution in [0.15, 0.2) is 35.3 Å². The molecule has 1 saturated heterocycles. The number of nitrogens with zero attached hydrogens (tertiary/aromatic N) is 2. The normalized spacial score (nSPS) is 27.7. The summed E-state index contributed by atoms with van der Waals surface area (Å²) in [5, 5.41) is 0. The molecule has 0 amide bonds. The summed E-state index contributed by atoms with van der Waals surface area (Å²) in [5.74, 6) is 0.897. The van der Waals surface area contributed by atoms with E-state index in [2.05, 4.69) is 56.9 Å². The van der Waals surface area contributed by atoms with E-state index < -0.39 is 0 Å². The van der Waals surface area contributed by atoms with Crippen LogP contribution < -0.4 is 4.90 Å². The fourth-order valence-corrected chi connectivity index (χ4v) is 2.72. The zero-order valence-electron chi connectivity index (χ0n) is 11.5. The van der Waals surface area contributed by atoms with Gasteiger partial charge in [-0.05, 0) is 39.8 Å². The van der Waals surface area contributed by atoms with Crippen molar-refractivity contribution in [3.63, 3.8) is 0 Å². The van der Waals surface area contributed by atoms with Crippen LogP contribution in [0.4, 0.5) is 5.69 Å². The minimum Gasteiger partial charge on any atom is -0.477 e. The van der Waals surface area contributed by atoms with E-state index in [1.165, 1.54) is 5.69 Å². The Kier molecular flexibility index (Phi) is 2.25. The molecule has 2 heterocycles. The van der Waals surface area contributed by atoms with Gasteiger partial charge in [0.15, 0.2) is 0 Å². The van der Waals surface area contributed by atoms with Gasteiger partial charge in [0.1, 0.15) is 12.6 Å². The molecule has 0 aromatic heterocycles. The number of para-hydroxylation sites is 1. The zero-order chi connectivity index (χ0) is 13.0. The molecule has 0 N–H and O–H groups in total. The smallest absolute Gasteiger partial charge is 0.209 e. The van der Waals surface area contributed by atoms with Crippen LogP contribution in [-0.2, 0) is 4.74 Å². The van der Waals surface area contributed by atoms with Gasteiger partial charge in [0.2, 0.25) is 5.90 Å². The molecular formula is C15H20N2O. The lowest BCUT2D eigenvalue weighted by Gasteiger charge is -2.07. The van der Waals surface area contributed by atoms with Crippen molar-refractivity contribution in [2.45, 2.75) is 44.8 Å². The second-order valence-electron chi connectivity index (χ2n) is 6.31. The van der Waals surface area contributed by atoms with Gasteiger partial charge in [-0.1, -0.05) is 18.2 Å². The highest BCUT2D eigenvalue weighted by Crippen LogP contribution is 2.46. The molecule has 96 valence electrons. The highest BCUT2D eigenvalue weighted by atomic mass is 16.5. The summed E-state index contributed by atoms with van der Waals surface area (Å²) in [6, 6.07) is 10.7. The summed E-state index contributed by atoms with van der Waals surface area (Å²) in [6.07, 6.45) is 0. The second kappa shape index (κ2) is 3.50. The number of hydrogen-bond acceptors (Lipinski definition) is 3. The first-order chi connectivity index (χ1) is 8.42. The molecule has 1 aromatic carbocycles. The van der Waals surface area contributed by atoms with Gasteiger partial charge in [-0.15, -0.1) is 0 Å². The number of anilines is 1. The van der Waals surface area contributed by atoms with Gasteiger partial charge in [0.05, 0.1) is 11.1 Å². The lowest BCUT2D eigenvalue weighted by molar-refractivity contribution is 0.274. The van der Waals surface area contributed by atoms with E-state index in [1.54, 1.807) is 0 Å². The molecule has 1 atom stereocenters. The molecule has 2 aliphatic heterocycles. The average Bonchev–Trinajstić information content (AvgIpc) is 2.69. The Bertz CT molecular complexity index is 490. The topological polar surface area (TPSA) is 24.6 Å². The highest BCUT2D eigenvalue weighted by Gasteiger charge is 2.60. The number of benzene rings is 1. The summed E-state index contributed by atoms with van der Waals surface area (Å²) in [5.41, 5.74) is 1.26. The third-order valence-electron chi connectivity index (χ3n) is 3.73. The molecule has 2 aliphatic rings. The molecule has 0 radical (unpaired) electrons. The van der Waals surface area contributed by atoms with Gasteiger partial charge in [-0.3, -0.25) is 0 Å². The lowest BCUT2D eigenvalue weighted by Crippen LogP contribution is -2.17. The highest BCUT2D eigenvalue weighted by molar-refractivity contribution is 5.95. The number of rotatable bonds is 2. The standard InChI is InChI=1S/C15H20N2O/c1-14(2)10-18-13(16-14)12-15(3,4)17(12)11-8-6-5-7-9-11/h5-9,12H,10H2,1-4H3/t12-,17?/m0/s1. The van der Waals surface area contributed by atoms with E-state index >= 15 is 0 Å². The van der Waals surface area contributed by atoms with Crippen molar-refractivity contribution in [1.82, 2.24) is 0 Å². The summed E-state index contributed by atoms with van der Waals surface area (Å²) in [7, 11) is 0. The van der Waals surface area contributed by atoms with Gasteiger partial charge in [0.25, 0.3) is 0 Å². The average molecular weight is 244 g/mol. The Morgan fingerprint density at radius 3 is 2.39 bits per heavy atom. The van der Waals surface area contributed by atoms with Gasteiger partial charge in [-0.2, -0.15) is 0 Å². The van der Waals surface area contributed by atoms with Crippen LogP contribution in [0.3, 0.4) is 0 Å². The van der Waals surface area contributed by atoms with E-state index in [-0.39, 0.29) is 17.1 Å². The van der Waals surface area contributed by atoms with Gasteiger partial charge in [-0.25, -0.2) is 4.99 Å². The zero-order valence-corrected chi connectivity index (χ0v) is 11.5. The molecule has 1 aromatic rings. The Balaban J connectivity index is 1.88. The third-order valence-corrected chi connectivity index (χ3v) is 3.73. The fraction of sp³-hybridized carbons (Fsp3) is 0.533. The Labute approximate surface area is 108 Å². The third kappa shape index (κ3) is 1.69. The molecule has 1 fully saturated rings. The maximum Gasteiger partial charge on any atom is 0.209 e. The van der Waals surface area contributed by atoms with Crippen LogP contribution in [0.5, 0.6) is 0 Å². The van der Waals surface area contributed by atoms with Gasteiger partial charge < -0.3 is 9.64 Å². The number of aliphatic imine (C=N–C) groups is 1. The maximum absolute atomic E-state index is 5.79. The molecule has 3 nitrogen and oxygen atoms in total. The Hall–Kier alpha value is -1.51. The van der Waals surface area contributed by atoms with E-state index in [0.29, 0.717) is 6.61 Å².